The molecule has 0 radical (unpaired) electrons. The molecule has 21 heavy (non-hydrogen) atoms. The summed E-state index contributed by atoms with van der Waals surface area (Å²) in [5.74, 6) is 1.15. The van der Waals surface area contributed by atoms with E-state index in [9.17, 15) is 0 Å². The summed E-state index contributed by atoms with van der Waals surface area (Å²) in [6, 6.07) is 3.77. The lowest BCUT2D eigenvalue weighted by molar-refractivity contribution is 0.108. The van der Waals surface area contributed by atoms with Crippen LogP contribution in [0.5, 0.6) is 11.5 Å². The summed E-state index contributed by atoms with van der Waals surface area (Å²) in [5, 5.41) is 0.538. The van der Waals surface area contributed by atoms with Crippen LogP contribution in [-0.2, 0) is 4.74 Å². The second-order valence-corrected chi connectivity index (χ2v) is 5.01. The van der Waals surface area contributed by atoms with Gasteiger partial charge in [-0.05, 0) is 25.6 Å². The van der Waals surface area contributed by atoms with Crippen LogP contribution in [0.3, 0.4) is 0 Å². The quantitative estimate of drug-likeness (QED) is 0.709. The highest BCUT2D eigenvalue weighted by Gasteiger charge is 2.22. The number of rotatable bonds is 9. The molecule has 120 valence electrons. The van der Waals surface area contributed by atoms with E-state index >= 15 is 0 Å². The minimum Gasteiger partial charge on any atom is -0.493 e. The molecule has 2 N–H and O–H groups in total. The van der Waals surface area contributed by atoms with E-state index in [0.717, 1.165) is 12.1 Å². The van der Waals surface area contributed by atoms with E-state index in [1.165, 1.54) is 0 Å². The zero-order valence-electron chi connectivity index (χ0n) is 13.2. The fourth-order valence-corrected chi connectivity index (χ4v) is 2.57. The van der Waals surface area contributed by atoms with Crippen LogP contribution >= 0.6 is 11.6 Å². The lowest BCUT2D eigenvalue weighted by Crippen LogP contribution is -2.33. The van der Waals surface area contributed by atoms with Gasteiger partial charge in [0.05, 0.1) is 25.8 Å². The number of hydrogen-bond acceptors (Lipinski definition) is 5. The van der Waals surface area contributed by atoms with E-state index in [4.69, 9.17) is 31.5 Å². The molecule has 1 aromatic rings. The van der Waals surface area contributed by atoms with E-state index in [1.807, 2.05) is 26.1 Å². The van der Waals surface area contributed by atoms with Crippen molar-refractivity contribution in [2.24, 2.45) is 5.73 Å². The molecule has 1 unspecified atom stereocenters. The van der Waals surface area contributed by atoms with Crippen molar-refractivity contribution >= 4 is 11.6 Å². The van der Waals surface area contributed by atoms with Gasteiger partial charge in [-0.3, -0.25) is 4.90 Å². The first-order chi connectivity index (χ1) is 10.1. The number of ether oxygens (including phenoxy) is 3. The van der Waals surface area contributed by atoms with E-state index < -0.39 is 0 Å². The molecule has 0 spiro atoms. The van der Waals surface area contributed by atoms with Crippen molar-refractivity contribution in [1.82, 2.24) is 4.90 Å². The van der Waals surface area contributed by atoms with Crippen LogP contribution in [0, 0.1) is 0 Å². The maximum absolute atomic E-state index is 6.45. The van der Waals surface area contributed by atoms with Crippen LogP contribution in [0.2, 0.25) is 5.02 Å². The second-order valence-electron chi connectivity index (χ2n) is 4.63. The van der Waals surface area contributed by atoms with Crippen molar-refractivity contribution in [3.8, 4) is 11.5 Å². The number of halogens is 1. The fraction of sp³-hybridized carbons (Fsp3) is 0.600. The summed E-state index contributed by atoms with van der Waals surface area (Å²) < 4.78 is 16.0. The van der Waals surface area contributed by atoms with Crippen LogP contribution in [-0.4, -0.2) is 52.5 Å². The molecule has 1 atom stereocenters. The number of likely N-dealkylation sites (N-methyl/N-ethyl adjacent to an activating group) is 1. The molecular weight excluding hydrogens is 292 g/mol. The van der Waals surface area contributed by atoms with Crippen molar-refractivity contribution in [2.45, 2.75) is 13.0 Å². The topological polar surface area (TPSA) is 57.0 Å². The molecule has 6 heteroatoms. The first-order valence-corrected chi connectivity index (χ1v) is 7.36. The molecule has 0 heterocycles. The maximum Gasteiger partial charge on any atom is 0.179 e. The van der Waals surface area contributed by atoms with Crippen molar-refractivity contribution in [2.75, 3.05) is 47.6 Å². The van der Waals surface area contributed by atoms with Crippen LogP contribution in [0.4, 0.5) is 0 Å². The smallest absolute Gasteiger partial charge is 0.179 e. The molecule has 1 aromatic carbocycles. The fourth-order valence-electron chi connectivity index (χ4n) is 2.21. The summed E-state index contributed by atoms with van der Waals surface area (Å²) in [6.07, 6.45) is 0. The largest absolute Gasteiger partial charge is 0.493 e. The Kier molecular flexibility index (Phi) is 7.82. The van der Waals surface area contributed by atoms with E-state index in [0.29, 0.717) is 36.3 Å². The van der Waals surface area contributed by atoms with Gasteiger partial charge in [-0.2, -0.15) is 0 Å². The van der Waals surface area contributed by atoms with E-state index in [-0.39, 0.29) is 6.04 Å². The van der Waals surface area contributed by atoms with Crippen LogP contribution in [0.25, 0.3) is 0 Å². The Labute approximate surface area is 131 Å². The molecule has 1 rings (SSSR count). The number of benzene rings is 1. The molecular formula is C15H25ClN2O3. The Hall–Kier alpha value is -1.01. The van der Waals surface area contributed by atoms with Crippen molar-refractivity contribution in [1.29, 1.82) is 0 Å². The predicted molar refractivity (Wildman–Crippen MR) is 85.5 cm³/mol. The van der Waals surface area contributed by atoms with Gasteiger partial charge in [0, 0.05) is 25.7 Å². The van der Waals surface area contributed by atoms with Gasteiger partial charge in [-0.25, -0.2) is 0 Å². The third kappa shape index (κ3) is 4.48. The summed E-state index contributed by atoms with van der Waals surface area (Å²) in [6.45, 7) is 4.58. The standard InChI is InChI=1S/C15H25ClN2O3/c1-5-21-9-8-18(2)12(10-17)11-6-7-13(19-3)15(20-4)14(11)16/h6-7,12H,5,8-10,17H2,1-4H3. The van der Waals surface area contributed by atoms with Gasteiger partial charge in [0.1, 0.15) is 0 Å². The Morgan fingerprint density at radius 3 is 2.52 bits per heavy atom. The molecule has 0 bridgehead atoms. The minimum absolute atomic E-state index is 0.00207. The Morgan fingerprint density at radius 1 is 1.29 bits per heavy atom. The predicted octanol–water partition coefficient (Wildman–Crippen LogP) is 2.33. The third-order valence-corrected chi connectivity index (χ3v) is 3.81. The SMILES string of the molecule is CCOCCN(C)C(CN)c1ccc(OC)c(OC)c1Cl. The highest BCUT2D eigenvalue weighted by atomic mass is 35.5. The maximum atomic E-state index is 6.45. The summed E-state index contributed by atoms with van der Waals surface area (Å²) >= 11 is 6.45. The van der Waals surface area contributed by atoms with Gasteiger partial charge < -0.3 is 19.9 Å². The third-order valence-electron chi connectivity index (χ3n) is 3.42. The highest BCUT2D eigenvalue weighted by molar-refractivity contribution is 6.33. The van der Waals surface area contributed by atoms with E-state index in [2.05, 4.69) is 4.90 Å². The van der Waals surface area contributed by atoms with E-state index in [1.54, 1.807) is 14.2 Å². The summed E-state index contributed by atoms with van der Waals surface area (Å²) in [4.78, 5) is 2.13. The zero-order chi connectivity index (χ0) is 15.8. The second kappa shape index (κ2) is 9.10. The van der Waals surface area contributed by atoms with Gasteiger partial charge in [0.25, 0.3) is 0 Å². The molecule has 0 aromatic heterocycles. The van der Waals surface area contributed by atoms with Crippen molar-refractivity contribution in [3.63, 3.8) is 0 Å². The first kappa shape index (κ1) is 18.0. The lowest BCUT2D eigenvalue weighted by Gasteiger charge is -2.28. The average Bonchev–Trinajstić information content (AvgIpc) is 2.49. The normalized spacial score (nSPS) is 12.5. The Morgan fingerprint density at radius 2 is 2.00 bits per heavy atom. The zero-order valence-corrected chi connectivity index (χ0v) is 13.9. The lowest BCUT2D eigenvalue weighted by atomic mass is 10.0. The highest BCUT2D eigenvalue weighted by Crippen LogP contribution is 2.40. The first-order valence-electron chi connectivity index (χ1n) is 6.99. The van der Waals surface area contributed by atoms with Crippen molar-refractivity contribution < 1.29 is 14.2 Å². The summed E-state index contributed by atoms with van der Waals surface area (Å²) in [5.41, 5.74) is 6.85. The van der Waals surface area contributed by atoms with Crippen LogP contribution in [0.15, 0.2) is 12.1 Å². The molecule has 0 saturated heterocycles. The van der Waals surface area contributed by atoms with Crippen molar-refractivity contribution in [3.05, 3.63) is 22.7 Å². The molecule has 0 amide bonds. The van der Waals surface area contributed by atoms with Crippen LogP contribution in [0.1, 0.15) is 18.5 Å². The van der Waals surface area contributed by atoms with Crippen LogP contribution < -0.4 is 15.2 Å². The molecule has 0 saturated carbocycles. The molecule has 0 fully saturated rings. The molecule has 0 aliphatic rings. The number of methoxy groups -OCH3 is 2. The minimum atomic E-state index is -0.00207. The summed E-state index contributed by atoms with van der Waals surface area (Å²) in [7, 11) is 5.16. The Bertz CT molecular complexity index is 443. The number of hydrogen-bond donors (Lipinski definition) is 1. The van der Waals surface area contributed by atoms with Gasteiger partial charge in [0.2, 0.25) is 0 Å². The molecule has 5 nitrogen and oxygen atoms in total. The average molecular weight is 317 g/mol. The number of nitrogens with two attached hydrogens (primary N) is 1. The molecule has 0 aliphatic heterocycles. The Balaban J connectivity index is 3.00. The molecule has 0 aliphatic carbocycles. The van der Waals surface area contributed by atoms with Gasteiger partial charge in [0.15, 0.2) is 11.5 Å². The van der Waals surface area contributed by atoms with Gasteiger partial charge >= 0.3 is 0 Å². The number of nitrogens with zero attached hydrogens (tertiary/aromatic N) is 1. The van der Waals surface area contributed by atoms with Gasteiger partial charge in [-0.15, -0.1) is 0 Å². The van der Waals surface area contributed by atoms with Gasteiger partial charge in [-0.1, -0.05) is 17.7 Å². The monoisotopic (exact) mass is 316 g/mol.